The highest BCUT2D eigenvalue weighted by Gasteiger charge is 2.10. The predicted octanol–water partition coefficient (Wildman–Crippen LogP) is 2.58. The van der Waals surface area contributed by atoms with Crippen LogP contribution in [0.25, 0.3) is 0 Å². The number of hydrogen-bond acceptors (Lipinski definition) is 3. The first-order valence-electron chi connectivity index (χ1n) is 6.28. The van der Waals surface area contributed by atoms with E-state index in [0.717, 1.165) is 11.0 Å². The van der Waals surface area contributed by atoms with E-state index in [4.69, 9.17) is 0 Å². The third-order valence-electron chi connectivity index (χ3n) is 2.84. The van der Waals surface area contributed by atoms with Crippen LogP contribution in [-0.2, 0) is 16.3 Å². The molecule has 104 valence electrons. The molecule has 0 aromatic heterocycles. The van der Waals surface area contributed by atoms with Crippen LogP contribution in [0.1, 0.15) is 5.56 Å². The van der Waals surface area contributed by atoms with Gasteiger partial charge in [-0.05, 0) is 23.8 Å². The molecule has 0 aliphatic carbocycles. The Morgan fingerprint density at radius 1 is 0.950 bits per heavy atom. The molecular weight excluding hydrogens is 272 g/mol. The molecule has 4 heteroatoms. The van der Waals surface area contributed by atoms with Crippen molar-refractivity contribution >= 4 is 9.84 Å². The van der Waals surface area contributed by atoms with Gasteiger partial charge in [0.05, 0.1) is 11.0 Å². The maximum absolute atomic E-state index is 12.0. The van der Waals surface area contributed by atoms with Crippen molar-refractivity contribution in [2.24, 2.45) is 0 Å². The molecule has 0 spiro atoms. The molecule has 1 N–H and O–H groups in total. The van der Waals surface area contributed by atoms with Gasteiger partial charge in [0.15, 0.2) is 9.84 Å². The van der Waals surface area contributed by atoms with Crippen molar-refractivity contribution in [3.63, 3.8) is 0 Å². The molecule has 0 aliphatic heterocycles. The van der Waals surface area contributed by atoms with E-state index in [-0.39, 0.29) is 4.90 Å². The standard InChI is InChI=1S/C16H16O3S/c17-15(13-14-7-3-1-4-8-14)11-12-20(18,19)16-9-5-2-6-10-16/h1-12,15,17H,13H2/b12-11+/t15-/m0/s1. The van der Waals surface area contributed by atoms with E-state index >= 15 is 0 Å². The Labute approximate surface area is 119 Å². The third kappa shape index (κ3) is 4.05. The first-order valence-corrected chi connectivity index (χ1v) is 7.83. The van der Waals surface area contributed by atoms with Crippen LogP contribution in [0.15, 0.2) is 77.0 Å². The molecule has 0 saturated heterocycles. The van der Waals surface area contributed by atoms with Crippen molar-refractivity contribution in [3.8, 4) is 0 Å². The summed E-state index contributed by atoms with van der Waals surface area (Å²) in [5.41, 5.74) is 0.960. The van der Waals surface area contributed by atoms with E-state index in [9.17, 15) is 13.5 Å². The Kier molecular flexibility index (Phi) is 4.71. The largest absolute Gasteiger partial charge is 0.389 e. The van der Waals surface area contributed by atoms with E-state index in [2.05, 4.69) is 0 Å². The fourth-order valence-electron chi connectivity index (χ4n) is 1.81. The molecular formula is C16H16O3S. The van der Waals surface area contributed by atoms with Crippen LogP contribution < -0.4 is 0 Å². The molecule has 2 aromatic rings. The summed E-state index contributed by atoms with van der Waals surface area (Å²) in [6, 6.07) is 17.6. The van der Waals surface area contributed by atoms with E-state index in [1.807, 2.05) is 30.3 Å². The first kappa shape index (κ1) is 14.5. The minimum atomic E-state index is -3.49. The van der Waals surface area contributed by atoms with Gasteiger partial charge in [-0.3, -0.25) is 0 Å². The molecule has 0 aliphatic rings. The summed E-state index contributed by atoms with van der Waals surface area (Å²) >= 11 is 0. The van der Waals surface area contributed by atoms with E-state index < -0.39 is 15.9 Å². The summed E-state index contributed by atoms with van der Waals surface area (Å²) in [6.07, 6.45) is 0.882. The summed E-state index contributed by atoms with van der Waals surface area (Å²) in [7, 11) is -3.49. The van der Waals surface area contributed by atoms with Crippen molar-refractivity contribution in [1.82, 2.24) is 0 Å². The Morgan fingerprint density at radius 3 is 2.10 bits per heavy atom. The van der Waals surface area contributed by atoms with Crippen LogP contribution in [0.2, 0.25) is 0 Å². The second kappa shape index (κ2) is 6.50. The fourth-order valence-corrected chi connectivity index (χ4v) is 2.89. The highest BCUT2D eigenvalue weighted by molar-refractivity contribution is 7.94. The van der Waals surface area contributed by atoms with Gasteiger partial charge in [0, 0.05) is 11.8 Å². The minimum Gasteiger partial charge on any atom is -0.389 e. The summed E-state index contributed by atoms with van der Waals surface area (Å²) in [5.74, 6) is 0. The molecule has 20 heavy (non-hydrogen) atoms. The van der Waals surface area contributed by atoms with Gasteiger partial charge < -0.3 is 5.11 Å². The summed E-state index contributed by atoms with van der Waals surface area (Å²) in [6.45, 7) is 0. The van der Waals surface area contributed by atoms with Crippen LogP contribution in [0.3, 0.4) is 0 Å². The zero-order valence-electron chi connectivity index (χ0n) is 10.9. The molecule has 0 bridgehead atoms. The Bertz CT molecular complexity index is 661. The van der Waals surface area contributed by atoms with Crippen molar-refractivity contribution in [2.75, 3.05) is 0 Å². The molecule has 3 nitrogen and oxygen atoms in total. The maximum Gasteiger partial charge on any atom is 0.199 e. The molecule has 0 saturated carbocycles. The highest BCUT2D eigenvalue weighted by Crippen LogP contribution is 2.12. The Balaban J connectivity index is 2.06. The van der Waals surface area contributed by atoms with Crippen LogP contribution in [0.5, 0.6) is 0 Å². The number of aliphatic hydroxyl groups is 1. The lowest BCUT2D eigenvalue weighted by Gasteiger charge is -2.05. The van der Waals surface area contributed by atoms with Crippen LogP contribution in [0, 0.1) is 0 Å². The van der Waals surface area contributed by atoms with Gasteiger partial charge in [0.25, 0.3) is 0 Å². The van der Waals surface area contributed by atoms with Crippen molar-refractivity contribution in [1.29, 1.82) is 0 Å². The molecule has 2 aromatic carbocycles. The average molecular weight is 288 g/mol. The van der Waals surface area contributed by atoms with Crippen LogP contribution in [0.4, 0.5) is 0 Å². The lowest BCUT2D eigenvalue weighted by atomic mass is 10.1. The zero-order valence-corrected chi connectivity index (χ0v) is 11.7. The van der Waals surface area contributed by atoms with Crippen molar-refractivity contribution < 1.29 is 13.5 Å². The highest BCUT2D eigenvalue weighted by atomic mass is 32.2. The lowest BCUT2D eigenvalue weighted by molar-refractivity contribution is 0.224. The van der Waals surface area contributed by atoms with E-state index in [0.29, 0.717) is 6.42 Å². The first-order chi connectivity index (χ1) is 9.58. The molecule has 1 atom stereocenters. The van der Waals surface area contributed by atoms with E-state index in [1.54, 1.807) is 18.2 Å². The molecule has 0 amide bonds. The number of benzene rings is 2. The number of aliphatic hydroxyl groups excluding tert-OH is 1. The Morgan fingerprint density at radius 2 is 1.50 bits per heavy atom. The third-order valence-corrected chi connectivity index (χ3v) is 4.28. The van der Waals surface area contributed by atoms with Crippen LogP contribution >= 0.6 is 0 Å². The Hall–Kier alpha value is -1.91. The van der Waals surface area contributed by atoms with Gasteiger partial charge in [0.1, 0.15) is 0 Å². The van der Waals surface area contributed by atoms with Gasteiger partial charge in [-0.25, -0.2) is 8.42 Å². The number of hydrogen-bond donors (Lipinski definition) is 1. The van der Waals surface area contributed by atoms with Gasteiger partial charge in [-0.2, -0.15) is 0 Å². The van der Waals surface area contributed by atoms with Crippen molar-refractivity contribution in [2.45, 2.75) is 17.4 Å². The summed E-state index contributed by atoms with van der Waals surface area (Å²) in [5, 5.41) is 10.9. The van der Waals surface area contributed by atoms with E-state index in [1.165, 1.54) is 18.2 Å². The normalized spacial score (nSPS) is 13.4. The average Bonchev–Trinajstić information content (AvgIpc) is 2.47. The fraction of sp³-hybridized carbons (Fsp3) is 0.125. The van der Waals surface area contributed by atoms with Crippen molar-refractivity contribution in [3.05, 3.63) is 77.7 Å². The molecule has 0 radical (unpaired) electrons. The monoisotopic (exact) mass is 288 g/mol. The second-order valence-electron chi connectivity index (χ2n) is 4.44. The lowest BCUT2D eigenvalue weighted by Crippen LogP contribution is -2.07. The minimum absolute atomic E-state index is 0.225. The quantitative estimate of drug-likeness (QED) is 0.920. The van der Waals surface area contributed by atoms with Gasteiger partial charge in [0.2, 0.25) is 0 Å². The number of rotatable bonds is 5. The molecule has 0 fully saturated rings. The molecule has 0 heterocycles. The smallest absolute Gasteiger partial charge is 0.199 e. The second-order valence-corrected chi connectivity index (χ2v) is 6.28. The van der Waals surface area contributed by atoms with Gasteiger partial charge in [-0.15, -0.1) is 0 Å². The number of sulfone groups is 1. The molecule has 0 unspecified atom stereocenters. The van der Waals surface area contributed by atoms with Gasteiger partial charge >= 0.3 is 0 Å². The topological polar surface area (TPSA) is 54.4 Å². The zero-order chi connectivity index (χ0) is 14.4. The maximum atomic E-state index is 12.0. The predicted molar refractivity (Wildman–Crippen MR) is 78.9 cm³/mol. The summed E-state index contributed by atoms with van der Waals surface area (Å²) in [4.78, 5) is 0.225. The SMILES string of the molecule is O=S(=O)(/C=C/[C@H](O)Cc1ccccc1)c1ccccc1. The molecule has 2 rings (SSSR count). The summed E-state index contributed by atoms with van der Waals surface area (Å²) < 4.78 is 24.0. The van der Waals surface area contributed by atoms with Gasteiger partial charge in [-0.1, -0.05) is 48.5 Å². The van der Waals surface area contributed by atoms with Crippen LogP contribution in [-0.4, -0.2) is 19.6 Å².